The minimum absolute atomic E-state index is 1.10. The molecule has 23 heavy (non-hydrogen) atoms. The standard InChI is InChI=1S/C20H43ClOSi/c1-4-5-6-7-8-9-10-11-12-13-14-15-16-17-18-19-20-23(3,21)22-2/h4-20H2,1-3H3. The molecule has 0 amide bonds. The van der Waals surface area contributed by atoms with Crippen LogP contribution in [0, 0.1) is 0 Å². The summed E-state index contributed by atoms with van der Waals surface area (Å²) in [7, 11) is -0.0565. The second kappa shape index (κ2) is 17.3. The maximum absolute atomic E-state index is 6.30. The zero-order valence-electron chi connectivity index (χ0n) is 16.3. The number of hydrogen-bond donors (Lipinski definition) is 0. The molecule has 1 unspecified atom stereocenters. The van der Waals surface area contributed by atoms with E-state index in [1.165, 1.54) is 103 Å². The molecule has 0 fully saturated rings. The Hall–Kier alpha value is 0.467. The second-order valence-corrected chi connectivity index (χ2v) is 12.9. The van der Waals surface area contributed by atoms with Gasteiger partial charge in [0, 0.05) is 7.11 Å². The highest BCUT2D eigenvalue weighted by Gasteiger charge is 2.23. The van der Waals surface area contributed by atoms with Gasteiger partial charge in [-0.15, -0.1) is 11.1 Å². The molecule has 140 valence electrons. The van der Waals surface area contributed by atoms with E-state index < -0.39 is 7.63 Å². The minimum atomic E-state index is -1.81. The van der Waals surface area contributed by atoms with E-state index in [4.69, 9.17) is 15.5 Å². The third-order valence-corrected chi connectivity index (χ3v) is 8.03. The zero-order chi connectivity index (χ0) is 17.2. The van der Waals surface area contributed by atoms with Crippen molar-refractivity contribution in [2.24, 2.45) is 0 Å². The molecule has 3 heteroatoms. The molecule has 1 atom stereocenters. The molecule has 0 aliphatic carbocycles. The summed E-state index contributed by atoms with van der Waals surface area (Å²) < 4.78 is 5.37. The van der Waals surface area contributed by atoms with Gasteiger partial charge in [-0.25, -0.2) is 0 Å². The highest BCUT2D eigenvalue weighted by Crippen LogP contribution is 2.20. The van der Waals surface area contributed by atoms with Crippen LogP contribution in [-0.2, 0) is 4.43 Å². The van der Waals surface area contributed by atoms with E-state index in [1.807, 2.05) is 0 Å². The first kappa shape index (κ1) is 23.5. The molecule has 0 aromatic rings. The van der Waals surface area contributed by atoms with Crippen LogP contribution in [0.3, 0.4) is 0 Å². The summed E-state index contributed by atoms with van der Waals surface area (Å²) in [5.74, 6) is 0. The van der Waals surface area contributed by atoms with Crippen molar-refractivity contribution in [1.82, 2.24) is 0 Å². The van der Waals surface area contributed by atoms with Crippen LogP contribution in [0.4, 0.5) is 0 Å². The van der Waals surface area contributed by atoms with Gasteiger partial charge in [0.2, 0.25) is 0 Å². The van der Waals surface area contributed by atoms with Crippen LogP contribution < -0.4 is 0 Å². The fraction of sp³-hybridized carbons (Fsp3) is 1.00. The first-order chi connectivity index (χ1) is 11.1. The van der Waals surface area contributed by atoms with Crippen LogP contribution in [0.5, 0.6) is 0 Å². The molecule has 0 aromatic carbocycles. The normalized spacial score (nSPS) is 14.1. The Morgan fingerprint density at radius 1 is 0.609 bits per heavy atom. The van der Waals surface area contributed by atoms with Crippen LogP contribution in [0.2, 0.25) is 12.6 Å². The molecular weight excluding hydrogens is 320 g/mol. The fourth-order valence-electron chi connectivity index (χ4n) is 3.09. The van der Waals surface area contributed by atoms with E-state index in [2.05, 4.69) is 13.5 Å². The molecule has 0 aliphatic heterocycles. The van der Waals surface area contributed by atoms with Gasteiger partial charge in [-0.05, 0) is 12.6 Å². The molecule has 0 spiro atoms. The highest BCUT2D eigenvalue weighted by atomic mass is 35.6. The van der Waals surface area contributed by atoms with E-state index in [9.17, 15) is 0 Å². The monoisotopic (exact) mass is 362 g/mol. The highest BCUT2D eigenvalue weighted by molar-refractivity contribution is 7.16. The van der Waals surface area contributed by atoms with Crippen molar-refractivity contribution in [1.29, 1.82) is 0 Å². The Morgan fingerprint density at radius 3 is 1.22 bits per heavy atom. The third kappa shape index (κ3) is 18.6. The van der Waals surface area contributed by atoms with Crippen molar-refractivity contribution in [2.45, 2.75) is 122 Å². The van der Waals surface area contributed by atoms with E-state index >= 15 is 0 Å². The van der Waals surface area contributed by atoms with Crippen molar-refractivity contribution in [3.8, 4) is 0 Å². The van der Waals surface area contributed by atoms with Gasteiger partial charge in [0.15, 0.2) is 0 Å². The first-order valence-electron chi connectivity index (χ1n) is 10.4. The van der Waals surface area contributed by atoms with E-state index in [0.29, 0.717) is 0 Å². The molecule has 0 N–H and O–H groups in total. The molecule has 0 rings (SSSR count). The van der Waals surface area contributed by atoms with Crippen molar-refractivity contribution < 1.29 is 4.43 Å². The molecule has 1 nitrogen and oxygen atoms in total. The van der Waals surface area contributed by atoms with Crippen LogP contribution in [0.25, 0.3) is 0 Å². The number of rotatable bonds is 18. The summed E-state index contributed by atoms with van der Waals surface area (Å²) in [4.78, 5) is 0. The molecule has 0 saturated heterocycles. The van der Waals surface area contributed by atoms with Gasteiger partial charge in [-0.2, -0.15) is 0 Å². The van der Waals surface area contributed by atoms with Crippen molar-refractivity contribution in [2.75, 3.05) is 7.11 Å². The maximum Gasteiger partial charge on any atom is 0.286 e. The van der Waals surface area contributed by atoms with Crippen LogP contribution in [-0.4, -0.2) is 14.7 Å². The fourth-order valence-corrected chi connectivity index (χ4v) is 4.58. The Kier molecular flexibility index (Phi) is 17.6. The largest absolute Gasteiger partial charge is 0.407 e. The van der Waals surface area contributed by atoms with E-state index in [0.717, 1.165) is 6.04 Å². The zero-order valence-corrected chi connectivity index (χ0v) is 18.1. The molecular formula is C20H43ClOSi. The Labute approximate surface area is 152 Å². The lowest BCUT2D eigenvalue weighted by Crippen LogP contribution is -2.24. The minimum Gasteiger partial charge on any atom is -0.407 e. The predicted octanol–water partition coefficient (Wildman–Crippen LogP) is 8.21. The lowest BCUT2D eigenvalue weighted by atomic mass is 10.0. The van der Waals surface area contributed by atoms with Crippen LogP contribution >= 0.6 is 11.1 Å². The number of halogens is 1. The Morgan fingerprint density at radius 2 is 0.913 bits per heavy atom. The van der Waals surface area contributed by atoms with Gasteiger partial charge in [0.05, 0.1) is 0 Å². The van der Waals surface area contributed by atoms with Crippen molar-refractivity contribution in [3.63, 3.8) is 0 Å². The molecule has 0 bridgehead atoms. The Bertz CT molecular complexity index is 234. The van der Waals surface area contributed by atoms with Gasteiger partial charge >= 0.3 is 0 Å². The SMILES string of the molecule is CCCCCCCCCCCCCCCCCC[Si](C)(Cl)OC. The van der Waals surface area contributed by atoms with Crippen molar-refractivity contribution >= 4 is 18.7 Å². The van der Waals surface area contributed by atoms with Crippen LogP contribution in [0.1, 0.15) is 110 Å². The predicted molar refractivity (Wildman–Crippen MR) is 109 cm³/mol. The van der Waals surface area contributed by atoms with Gasteiger partial charge < -0.3 is 4.43 Å². The average molecular weight is 363 g/mol. The quantitative estimate of drug-likeness (QED) is 0.135. The summed E-state index contributed by atoms with van der Waals surface area (Å²) in [6.07, 6.45) is 22.7. The number of unbranched alkanes of at least 4 members (excludes halogenated alkanes) is 15. The second-order valence-electron chi connectivity index (χ2n) is 7.36. The smallest absolute Gasteiger partial charge is 0.286 e. The summed E-state index contributed by atoms with van der Waals surface area (Å²) in [5.41, 5.74) is 0. The lowest BCUT2D eigenvalue weighted by molar-refractivity contribution is 0.413. The molecule has 0 aromatic heterocycles. The van der Waals surface area contributed by atoms with Gasteiger partial charge in [-0.1, -0.05) is 110 Å². The summed E-state index contributed by atoms with van der Waals surface area (Å²) >= 11 is 6.30. The lowest BCUT2D eigenvalue weighted by Gasteiger charge is -2.16. The maximum atomic E-state index is 6.30. The van der Waals surface area contributed by atoms with Gasteiger partial charge in [-0.3, -0.25) is 0 Å². The number of hydrogen-bond acceptors (Lipinski definition) is 1. The third-order valence-electron chi connectivity index (χ3n) is 4.90. The first-order valence-corrected chi connectivity index (χ1v) is 14.0. The molecule has 0 radical (unpaired) electrons. The topological polar surface area (TPSA) is 9.23 Å². The van der Waals surface area contributed by atoms with Crippen LogP contribution in [0.15, 0.2) is 0 Å². The van der Waals surface area contributed by atoms with Crippen molar-refractivity contribution in [3.05, 3.63) is 0 Å². The molecule has 0 heterocycles. The summed E-state index contributed by atoms with van der Waals surface area (Å²) in [5, 5.41) is 0. The summed E-state index contributed by atoms with van der Waals surface area (Å²) in [6, 6.07) is 1.10. The molecule has 0 aliphatic rings. The molecule has 0 saturated carbocycles. The van der Waals surface area contributed by atoms with E-state index in [1.54, 1.807) is 7.11 Å². The van der Waals surface area contributed by atoms with Gasteiger partial charge in [0.1, 0.15) is 0 Å². The average Bonchev–Trinajstić information content (AvgIpc) is 2.54. The Balaban J connectivity index is 3.05. The summed E-state index contributed by atoms with van der Waals surface area (Å²) in [6.45, 7) is 4.39. The van der Waals surface area contributed by atoms with E-state index in [-0.39, 0.29) is 0 Å². The van der Waals surface area contributed by atoms with Gasteiger partial charge in [0.25, 0.3) is 7.63 Å².